The van der Waals surface area contributed by atoms with Crippen LogP contribution in [0.3, 0.4) is 0 Å². The lowest BCUT2D eigenvalue weighted by molar-refractivity contribution is 0.0303. The molecule has 0 atom stereocenters. The van der Waals surface area contributed by atoms with Crippen molar-refractivity contribution in [1.82, 2.24) is 19.7 Å². The van der Waals surface area contributed by atoms with Crippen LogP contribution < -0.4 is 0 Å². The van der Waals surface area contributed by atoms with Crippen LogP contribution in [0.25, 0.3) is 33.2 Å². The zero-order chi connectivity index (χ0) is 21.4. The van der Waals surface area contributed by atoms with Gasteiger partial charge in [-0.2, -0.15) is 5.10 Å². The zero-order valence-corrected chi connectivity index (χ0v) is 17.7. The first-order valence-corrected chi connectivity index (χ1v) is 10.5. The summed E-state index contributed by atoms with van der Waals surface area (Å²) in [6, 6.07) is 16.2. The molecule has 1 saturated heterocycles. The molecule has 0 saturated carbocycles. The van der Waals surface area contributed by atoms with Crippen LogP contribution in [-0.2, 0) is 11.8 Å². The van der Waals surface area contributed by atoms with Gasteiger partial charge < -0.3 is 9.64 Å². The lowest BCUT2D eigenvalue weighted by atomic mass is 9.92. The highest BCUT2D eigenvalue weighted by Gasteiger charge is 2.20. The van der Waals surface area contributed by atoms with Crippen molar-refractivity contribution in [3.8, 4) is 22.3 Å². The molecule has 1 aliphatic rings. The van der Waals surface area contributed by atoms with E-state index < -0.39 is 0 Å². The van der Waals surface area contributed by atoms with E-state index in [0.717, 1.165) is 38.9 Å². The van der Waals surface area contributed by atoms with Crippen molar-refractivity contribution >= 4 is 16.8 Å². The first-order valence-electron chi connectivity index (χ1n) is 10.5. The number of nitrogens with zero attached hydrogens (tertiary/aromatic N) is 4. The molecule has 156 valence electrons. The number of aryl methyl sites for hydroxylation is 2. The van der Waals surface area contributed by atoms with E-state index in [1.165, 1.54) is 0 Å². The Morgan fingerprint density at radius 1 is 1.00 bits per heavy atom. The Bertz CT molecular complexity index is 1270. The van der Waals surface area contributed by atoms with Gasteiger partial charge in [-0.25, -0.2) is 0 Å². The first-order chi connectivity index (χ1) is 15.1. The van der Waals surface area contributed by atoms with Crippen LogP contribution in [0.15, 0.2) is 60.9 Å². The largest absolute Gasteiger partial charge is 0.378 e. The summed E-state index contributed by atoms with van der Waals surface area (Å²) in [5.41, 5.74) is 6.83. The van der Waals surface area contributed by atoms with Crippen molar-refractivity contribution in [2.45, 2.75) is 6.92 Å². The highest BCUT2D eigenvalue weighted by atomic mass is 16.5. The smallest absolute Gasteiger partial charge is 0.254 e. The standard InChI is InChI=1S/C25H24N4O2/c1-17-13-22(21-6-4-3-5-20(21)19-15-26-28(2)16-19)23-14-18(7-8-24(23)27-17)25(30)29-9-11-31-12-10-29/h3-8,13-16H,9-12H2,1-2H3. The third-order valence-electron chi connectivity index (χ3n) is 5.72. The minimum absolute atomic E-state index is 0.0391. The number of ether oxygens (including phenoxy) is 1. The number of benzene rings is 2. The number of carbonyl (C=O) groups excluding carboxylic acids is 1. The molecule has 31 heavy (non-hydrogen) atoms. The third kappa shape index (κ3) is 3.70. The molecule has 4 aromatic rings. The van der Waals surface area contributed by atoms with E-state index in [9.17, 15) is 4.79 Å². The fourth-order valence-electron chi connectivity index (χ4n) is 4.19. The molecule has 6 nitrogen and oxygen atoms in total. The van der Waals surface area contributed by atoms with Crippen LogP contribution in [0.1, 0.15) is 16.1 Å². The Labute approximate surface area is 181 Å². The number of pyridine rings is 1. The molecule has 6 heteroatoms. The van der Waals surface area contributed by atoms with Gasteiger partial charge in [-0.1, -0.05) is 24.3 Å². The van der Waals surface area contributed by atoms with Crippen LogP contribution in [0.5, 0.6) is 0 Å². The molecule has 1 fully saturated rings. The summed E-state index contributed by atoms with van der Waals surface area (Å²) in [5, 5.41) is 5.31. The van der Waals surface area contributed by atoms with E-state index in [1.54, 1.807) is 4.68 Å². The SMILES string of the molecule is Cc1cc(-c2ccccc2-c2cnn(C)c2)c2cc(C(=O)N3CCOCC3)ccc2n1. The van der Waals surface area contributed by atoms with Crippen LogP contribution >= 0.6 is 0 Å². The van der Waals surface area contributed by atoms with E-state index in [0.29, 0.717) is 31.9 Å². The maximum Gasteiger partial charge on any atom is 0.254 e. The van der Waals surface area contributed by atoms with Gasteiger partial charge in [0.25, 0.3) is 5.91 Å². The lowest BCUT2D eigenvalue weighted by Gasteiger charge is -2.27. The second-order valence-electron chi connectivity index (χ2n) is 7.90. The summed E-state index contributed by atoms with van der Waals surface area (Å²) in [6.07, 6.45) is 3.89. The summed E-state index contributed by atoms with van der Waals surface area (Å²) < 4.78 is 7.20. The highest BCUT2D eigenvalue weighted by Crippen LogP contribution is 2.36. The van der Waals surface area contributed by atoms with Crippen molar-refractivity contribution in [3.05, 3.63) is 72.2 Å². The summed E-state index contributed by atoms with van der Waals surface area (Å²) in [4.78, 5) is 19.7. The minimum atomic E-state index is 0.0391. The molecule has 0 bridgehead atoms. The molecule has 0 spiro atoms. The maximum atomic E-state index is 13.1. The van der Waals surface area contributed by atoms with Gasteiger partial charge >= 0.3 is 0 Å². The fraction of sp³-hybridized carbons (Fsp3) is 0.240. The molecule has 0 N–H and O–H groups in total. The van der Waals surface area contributed by atoms with Gasteiger partial charge in [0.15, 0.2) is 0 Å². The number of hydrogen-bond acceptors (Lipinski definition) is 4. The third-order valence-corrected chi connectivity index (χ3v) is 5.72. The number of rotatable bonds is 3. The second kappa shape index (κ2) is 7.96. The van der Waals surface area contributed by atoms with Gasteiger partial charge in [-0.15, -0.1) is 0 Å². The van der Waals surface area contributed by atoms with E-state index in [1.807, 2.05) is 61.6 Å². The Balaban J connectivity index is 1.66. The molecule has 0 radical (unpaired) electrons. The van der Waals surface area contributed by atoms with Crippen LogP contribution in [0.2, 0.25) is 0 Å². The maximum absolute atomic E-state index is 13.1. The number of hydrogen-bond donors (Lipinski definition) is 0. The van der Waals surface area contributed by atoms with Crippen molar-refractivity contribution < 1.29 is 9.53 Å². The summed E-state index contributed by atoms with van der Waals surface area (Å²) >= 11 is 0. The average molecular weight is 412 g/mol. The number of aromatic nitrogens is 3. The number of fused-ring (bicyclic) bond motifs is 1. The van der Waals surface area contributed by atoms with Gasteiger partial charge in [0.2, 0.25) is 0 Å². The van der Waals surface area contributed by atoms with E-state index in [4.69, 9.17) is 9.72 Å². The summed E-state index contributed by atoms with van der Waals surface area (Å²) in [6.45, 7) is 4.43. The second-order valence-corrected chi connectivity index (χ2v) is 7.90. The molecule has 1 amide bonds. The molecule has 1 aliphatic heterocycles. The van der Waals surface area contributed by atoms with Crippen molar-refractivity contribution in [1.29, 1.82) is 0 Å². The molecule has 0 aliphatic carbocycles. The lowest BCUT2D eigenvalue weighted by Crippen LogP contribution is -2.40. The predicted molar refractivity (Wildman–Crippen MR) is 121 cm³/mol. The van der Waals surface area contributed by atoms with E-state index in [-0.39, 0.29) is 5.91 Å². The van der Waals surface area contributed by atoms with Gasteiger partial charge in [-0.3, -0.25) is 14.5 Å². The molecular weight excluding hydrogens is 388 g/mol. The van der Waals surface area contributed by atoms with Crippen molar-refractivity contribution in [2.75, 3.05) is 26.3 Å². The summed E-state index contributed by atoms with van der Waals surface area (Å²) in [7, 11) is 1.92. The minimum Gasteiger partial charge on any atom is -0.378 e. The molecule has 2 aromatic carbocycles. The van der Waals surface area contributed by atoms with Gasteiger partial charge in [0, 0.05) is 48.5 Å². The monoisotopic (exact) mass is 412 g/mol. The Hall–Kier alpha value is -3.51. The fourth-order valence-corrected chi connectivity index (χ4v) is 4.19. The van der Waals surface area contributed by atoms with Crippen molar-refractivity contribution in [2.24, 2.45) is 7.05 Å². The summed E-state index contributed by atoms with van der Waals surface area (Å²) in [5.74, 6) is 0.0391. The molecule has 0 unspecified atom stereocenters. The highest BCUT2D eigenvalue weighted by molar-refractivity contribution is 6.04. The number of carbonyl (C=O) groups is 1. The predicted octanol–water partition coefficient (Wildman–Crippen LogP) is 4.08. The van der Waals surface area contributed by atoms with Crippen LogP contribution in [0.4, 0.5) is 0 Å². The molecule has 3 heterocycles. The molecule has 2 aromatic heterocycles. The van der Waals surface area contributed by atoms with E-state index in [2.05, 4.69) is 23.3 Å². The molecular formula is C25H24N4O2. The van der Waals surface area contributed by atoms with Crippen LogP contribution in [0, 0.1) is 6.92 Å². The molecule has 5 rings (SSSR count). The van der Waals surface area contributed by atoms with Gasteiger partial charge in [0.05, 0.1) is 24.9 Å². The topological polar surface area (TPSA) is 60.2 Å². The Morgan fingerprint density at radius 2 is 1.77 bits per heavy atom. The van der Waals surface area contributed by atoms with Crippen LogP contribution in [-0.4, -0.2) is 51.9 Å². The Kier molecular flexibility index (Phi) is 5.00. The van der Waals surface area contributed by atoms with Gasteiger partial charge in [-0.05, 0) is 47.9 Å². The average Bonchev–Trinajstić information content (AvgIpc) is 3.24. The Morgan fingerprint density at radius 3 is 2.52 bits per heavy atom. The first kappa shape index (κ1) is 19.5. The zero-order valence-electron chi connectivity index (χ0n) is 17.7. The number of morpholine rings is 1. The normalized spacial score (nSPS) is 14.2. The quantitative estimate of drug-likeness (QED) is 0.509. The van der Waals surface area contributed by atoms with Crippen molar-refractivity contribution in [3.63, 3.8) is 0 Å². The number of amides is 1. The van der Waals surface area contributed by atoms with Gasteiger partial charge in [0.1, 0.15) is 0 Å². The van der Waals surface area contributed by atoms with E-state index >= 15 is 0 Å².